The van der Waals surface area contributed by atoms with Crippen molar-refractivity contribution in [1.82, 2.24) is 0 Å². The molecule has 0 unspecified atom stereocenters. The van der Waals surface area contributed by atoms with Gasteiger partial charge in [0.2, 0.25) is 0 Å². The van der Waals surface area contributed by atoms with Crippen molar-refractivity contribution in [2.75, 3.05) is 27.2 Å². The molecule has 83 valence electrons. The molecule has 1 radical (unpaired) electrons. The molecule has 0 N–H and O–H groups in total. The number of rotatable bonds is 3. The third-order valence-corrected chi connectivity index (χ3v) is 0.547. The van der Waals surface area contributed by atoms with Gasteiger partial charge in [0, 0.05) is 0 Å². The van der Waals surface area contributed by atoms with Gasteiger partial charge in [0.1, 0.15) is 0 Å². The van der Waals surface area contributed by atoms with E-state index in [0.29, 0.717) is 0 Å². The van der Waals surface area contributed by atoms with Gasteiger partial charge in [-0.2, -0.15) is 27.2 Å². The molecule has 0 saturated heterocycles. The molecule has 0 fully saturated rings. The second-order valence-electron chi connectivity index (χ2n) is 1.08. The Morgan fingerprint density at radius 2 is 0.929 bits per heavy atom. The van der Waals surface area contributed by atoms with Gasteiger partial charge >= 0.3 is 20.1 Å². The summed E-state index contributed by atoms with van der Waals surface area (Å²) in [6, 6.07) is 0. The first-order valence-electron chi connectivity index (χ1n) is 2.73. The fraction of sp³-hybridized carbons (Fsp3) is 0.500. The molecule has 0 aliphatic carbocycles. The molecule has 0 aromatic heterocycles. The molecule has 0 aliphatic heterocycles. The molecule has 0 heterocycles. The maximum absolute atomic E-state index is 7.75. The van der Waals surface area contributed by atoms with Gasteiger partial charge in [-0.3, -0.25) is 20.4 Å². The van der Waals surface area contributed by atoms with Crippen LogP contribution in [0.1, 0.15) is 0 Å². The SMILES string of the molecule is C[N-]CC[N-]C.[CH-]=O.[CH-]=O.[CH-]=O.[CH3-].[Tc+6]. The molecule has 0 bridgehead atoms. The van der Waals surface area contributed by atoms with E-state index in [0.717, 1.165) is 13.1 Å². The van der Waals surface area contributed by atoms with E-state index in [9.17, 15) is 0 Å². The van der Waals surface area contributed by atoms with Crippen molar-refractivity contribution in [1.29, 1.82) is 0 Å². The molecule has 14 heavy (non-hydrogen) atoms. The monoisotopic (exact) mass is 285 g/mol. The van der Waals surface area contributed by atoms with Crippen LogP contribution in [-0.4, -0.2) is 47.6 Å². The van der Waals surface area contributed by atoms with Crippen LogP contribution in [0.4, 0.5) is 0 Å². The number of hydrogen-bond donors (Lipinski definition) is 0. The Kier molecular flexibility index (Phi) is 352. The van der Waals surface area contributed by atoms with E-state index in [-0.39, 0.29) is 27.5 Å². The van der Waals surface area contributed by atoms with Gasteiger partial charge in [-0.1, -0.05) is 0 Å². The van der Waals surface area contributed by atoms with Crippen molar-refractivity contribution >= 4 is 20.4 Å². The molecule has 0 aliphatic rings. The van der Waals surface area contributed by atoms with E-state index in [1.165, 1.54) is 0 Å². The van der Waals surface area contributed by atoms with Crippen LogP contribution in [0.15, 0.2) is 0 Å². The summed E-state index contributed by atoms with van der Waals surface area (Å²) < 4.78 is 0. The van der Waals surface area contributed by atoms with Crippen LogP contribution in [0.3, 0.4) is 0 Å². The molecule has 0 amide bonds. The van der Waals surface area contributed by atoms with E-state index in [2.05, 4.69) is 31.0 Å². The summed E-state index contributed by atoms with van der Waals surface area (Å²) in [4.78, 5) is 23.2. The summed E-state index contributed by atoms with van der Waals surface area (Å²) >= 11 is 0. The molecular weight excluding hydrogens is 270 g/mol. The Morgan fingerprint density at radius 3 is 1.00 bits per heavy atom. The molecular formula is C8H16N2O3Tc. The zero-order valence-corrected chi connectivity index (χ0v) is 10.5. The Bertz CT molecular complexity index is 53.1. The Labute approximate surface area is 100 Å². The Morgan fingerprint density at radius 1 is 0.786 bits per heavy atom. The van der Waals surface area contributed by atoms with Gasteiger partial charge in [-0.05, 0) is 0 Å². The van der Waals surface area contributed by atoms with Gasteiger partial charge in [0.25, 0.3) is 0 Å². The van der Waals surface area contributed by atoms with Crippen LogP contribution in [-0.2, 0) is 34.5 Å². The van der Waals surface area contributed by atoms with Crippen molar-refractivity contribution < 1.29 is 34.5 Å². The number of likely N-dealkylation sites (N-methyl/N-ethyl adjacent to an activating group) is 2. The molecule has 6 heteroatoms. The van der Waals surface area contributed by atoms with Gasteiger partial charge in [0.05, 0.1) is 0 Å². The summed E-state index contributed by atoms with van der Waals surface area (Å²) in [6.45, 7) is 11.5. The second-order valence-corrected chi connectivity index (χ2v) is 1.08. The van der Waals surface area contributed by atoms with E-state index in [1.54, 1.807) is 14.1 Å². The molecule has 5 nitrogen and oxygen atoms in total. The largest absolute Gasteiger partial charge is 6.00 e. The van der Waals surface area contributed by atoms with Crippen LogP contribution in [0.5, 0.6) is 0 Å². The number of nitrogens with zero attached hydrogens (tertiary/aromatic N) is 2. The topological polar surface area (TPSA) is 79.4 Å². The molecule has 0 saturated carbocycles. The fourth-order valence-corrected chi connectivity index (χ4v) is 0.200. The van der Waals surface area contributed by atoms with Gasteiger partial charge < -0.3 is 32.4 Å². The summed E-state index contributed by atoms with van der Waals surface area (Å²) in [5, 5.41) is 7.66. The van der Waals surface area contributed by atoms with Crippen molar-refractivity contribution in [2.24, 2.45) is 0 Å². The minimum atomic E-state index is 0. The first kappa shape index (κ1) is 37.4. The predicted molar refractivity (Wildman–Crippen MR) is 55.0 cm³/mol. The Hall–Kier alpha value is -0.421. The van der Waals surface area contributed by atoms with Gasteiger partial charge in [0.15, 0.2) is 0 Å². The van der Waals surface area contributed by atoms with Crippen molar-refractivity contribution in [2.45, 2.75) is 0 Å². The molecule has 0 atom stereocenters. The van der Waals surface area contributed by atoms with Crippen LogP contribution in [0.2, 0.25) is 0 Å². The molecule has 0 aromatic carbocycles. The van der Waals surface area contributed by atoms with E-state index >= 15 is 0 Å². The minimum absolute atomic E-state index is 0. The summed E-state index contributed by atoms with van der Waals surface area (Å²) in [5.41, 5.74) is 0. The first-order chi connectivity index (χ1) is 5.91. The van der Waals surface area contributed by atoms with Gasteiger partial charge in [-0.15, -0.1) is 0 Å². The zero-order valence-electron chi connectivity index (χ0n) is 8.64. The smallest absolute Gasteiger partial charge is 0.666 e. The average Bonchev–Trinajstić information content (AvgIpc) is 2.24. The quantitative estimate of drug-likeness (QED) is 0.433. The average molecular weight is 286 g/mol. The maximum atomic E-state index is 7.75. The second kappa shape index (κ2) is 132. The number of carbonyl (C=O) groups excluding carboxylic acids is 3. The molecule has 0 aromatic rings. The van der Waals surface area contributed by atoms with Crippen molar-refractivity contribution in [3.8, 4) is 0 Å². The van der Waals surface area contributed by atoms with Crippen LogP contribution in [0, 0.1) is 7.43 Å². The maximum Gasteiger partial charge on any atom is 6.00 e. The summed E-state index contributed by atoms with van der Waals surface area (Å²) in [6.07, 6.45) is 0. The van der Waals surface area contributed by atoms with Crippen LogP contribution < -0.4 is 0 Å². The number of hydrogen-bond acceptors (Lipinski definition) is 3. The zero-order chi connectivity index (χ0) is 10.8. The standard InChI is InChI=1S/C4H10N2.3CHO.CH3.Tc/c1-5-3-4-6-2;3*1-2;;/h3-4H2,1-2H3;3*1H;1H3;/q-2;4*-1;+6. The van der Waals surface area contributed by atoms with Crippen molar-refractivity contribution in [3.05, 3.63) is 18.1 Å². The fourth-order valence-electron chi connectivity index (χ4n) is 0.200. The van der Waals surface area contributed by atoms with E-state index in [4.69, 9.17) is 14.4 Å². The Balaban J connectivity index is -0.0000000175. The predicted octanol–water partition coefficient (Wildman–Crippen LogP) is 0.619. The molecule has 0 rings (SSSR count). The molecule has 0 spiro atoms. The summed E-state index contributed by atoms with van der Waals surface area (Å²) in [7, 11) is 3.59. The van der Waals surface area contributed by atoms with Gasteiger partial charge in [-0.25, -0.2) is 0 Å². The van der Waals surface area contributed by atoms with E-state index < -0.39 is 0 Å². The minimum Gasteiger partial charge on any atom is -0.666 e. The van der Waals surface area contributed by atoms with Crippen molar-refractivity contribution in [3.63, 3.8) is 0 Å². The third-order valence-electron chi connectivity index (χ3n) is 0.547. The normalized spacial score (nSPS) is 4.71. The first-order valence-corrected chi connectivity index (χ1v) is 2.73. The van der Waals surface area contributed by atoms with Crippen LogP contribution in [0.25, 0.3) is 10.6 Å². The third kappa shape index (κ3) is 195. The van der Waals surface area contributed by atoms with E-state index in [1.807, 2.05) is 0 Å². The van der Waals surface area contributed by atoms with Crippen LogP contribution >= 0.6 is 0 Å². The summed E-state index contributed by atoms with van der Waals surface area (Å²) in [5.74, 6) is 0.